The molecular weight excluding hydrogens is 342 g/mol. The predicted octanol–water partition coefficient (Wildman–Crippen LogP) is 2.86. The van der Waals surface area contributed by atoms with Gasteiger partial charge in [-0.1, -0.05) is 36.4 Å². The zero-order chi connectivity index (χ0) is 18.7. The van der Waals surface area contributed by atoms with E-state index in [2.05, 4.69) is 4.74 Å². The van der Waals surface area contributed by atoms with E-state index in [-0.39, 0.29) is 29.0 Å². The Morgan fingerprint density at radius 2 is 1.88 bits per heavy atom. The van der Waals surface area contributed by atoms with E-state index in [0.717, 1.165) is 5.56 Å². The Labute approximate surface area is 150 Å². The average molecular weight is 362 g/mol. The van der Waals surface area contributed by atoms with Crippen LogP contribution in [0.25, 0.3) is 0 Å². The molecular formula is C19H20F2N2O3. The van der Waals surface area contributed by atoms with Crippen LogP contribution in [-0.4, -0.2) is 43.7 Å². The van der Waals surface area contributed by atoms with Crippen LogP contribution in [0.15, 0.2) is 48.5 Å². The molecule has 0 spiro atoms. The first-order valence-corrected chi connectivity index (χ1v) is 8.23. The van der Waals surface area contributed by atoms with Gasteiger partial charge in [0.25, 0.3) is 5.91 Å². The summed E-state index contributed by atoms with van der Waals surface area (Å²) in [6.07, 6.45) is 0. The highest BCUT2D eigenvalue weighted by Gasteiger charge is 2.35. The highest BCUT2D eigenvalue weighted by atomic mass is 19.3. The van der Waals surface area contributed by atoms with E-state index in [1.165, 1.54) is 19.2 Å². The Morgan fingerprint density at radius 1 is 1.15 bits per heavy atom. The van der Waals surface area contributed by atoms with E-state index in [9.17, 15) is 13.6 Å². The van der Waals surface area contributed by atoms with Crippen molar-refractivity contribution in [3.8, 4) is 11.5 Å². The van der Waals surface area contributed by atoms with E-state index in [4.69, 9.17) is 10.5 Å². The van der Waals surface area contributed by atoms with Crippen LogP contribution >= 0.6 is 0 Å². The number of alkyl halides is 2. The molecule has 1 aliphatic rings. The van der Waals surface area contributed by atoms with Gasteiger partial charge in [0.2, 0.25) is 0 Å². The van der Waals surface area contributed by atoms with E-state index < -0.39 is 12.5 Å². The molecule has 0 radical (unpaired) electrons. The molecule has 1 aliphatic heterocycles. The fourth-order valence-electron chi connectivity index (χ4n) is 3.27. The molecule has 2 N–H and O–H groups in total. The zero-order valence-corrected chi connectivity index (χ0v) is 14.3. The lowest BCUT2D eigenvalue weighted by molar-refractivity contribution is -0.0516. The molecule has 3 rings (SSSR count). The summed E-state index contributed by atoms with van der Waals surface area (Å²) in [5, 5.41) is 0. The molecule has 26 heavy (non-hydrogen) atoms. The van der Waals surface area contributed by atoms with Crippen LogP contribution < -0.4 is 15.2 Å². The van der Waals surface area contributed by atoms with Crippen LogP contribution in [0.5, 0.6) is 11.5 Å². The quantitative estimate of drug-likeness (QED) is 0.888. The number of hydrogen-bond donors (Lipinski definition) is 1. The molecule has 0 saturated carbocycles. The Bertz CT molecular complexity index is 771. The lowest BCUT2D eigenvalue weighted by Crippen LogP contribution is -2.32. The number of hydrogen-bond acceptors (Lipinski definition) is 4. The first-order chi connectivity index (χ1) is 12.5. The third-order valence-electron chi connectivity index (χ3n) is 4.52. The Morgan fingerprint density at radius 3 is 2.54 bits per heavy atom. The minimum absolute atomic E-state index is 0.00905. The Kier molecular flexibility index (Phi) is 5.37. The highest BCUT2D eigenvalue weighted by molar-refractivity contribution is 5.98. The number of ether oxygens (including phenoxy) is 2. The molecule has 0 unspecified atom stereocenters. The maximum Gasteiger partial charge on any atom is 0.387 e. The fourth-order valence-corrected chi connectivity index (χ4v) is 3.27. The molecule has 1 saturated heterocycles. The second kappa shape index (κ2) is 7.70. The molecule has 1 fully saturated rings. The van der Waals surface area contributed by atoms with Gasteiger partial charge >= 0.3 is 6.61 Å². The lowest BCUT2D eigenvalue weighted by atomic mass is 9.95. The van der Waals surface area contributed by atoms with Gasteiger partial charge in [0.1, 0.15) is 0 Å². The van der Waals surface area contributed by atoms with Gasteiger partial charge in [-0.15, -0.1) is 0 Å². The van der Waals surface area contributed by atoms with Gasteiger partial charge in [0.05, 0.1) is 12.7 Å². The number of halogens is 2. The number of nitrogens with zero attached hydrogens (tertiary/aromatic N) is 1. The maximum atomic E-state index is 12.9. The first-order valence-electron chi connectivity index (χ1n) is 8.23. The molecule has 5 nitrogen and oxygen atoms in total. The van der Waals surface area contributed by atoms with E-state index in [1.807, 2.05) is 30.3 Å². The number of methoxy groups -OCH3 is 1. The fraction of sp³-hybridized carbons (Fsp3) is 0.316. The lowest BCUT2D eigenvalue weighted by Gasteiger charge is -2.19. The van der Waals surface area contributed by atoms with Crippen LogP contribution in [0.1, 0.15) is 21.8 Å². The Hall–Kier alpha value is -2.67. The van der Waals surface area contributed by atoms with Gasteiger partial charge in [0.15, 0.2) is 11.5 Å². The first kappa shape index (κ1) is 18.1. The minimum Gasteiger partial charge on any atom is -0.493 e. The summed E-state index contributed by atoms with van der Waals surface area (Å²) < 4.78 is 35.2. The number of likely N-dealkylation sites (tertiary alicyclic amines) is 1. The average Bonchev–Trinajstić information content (AvgIpc) is 3.03. The third kappa shape index (κ3) is 3.62. The maximum absolute atomic E-state index is 12.9. The number of carbonyl (C=O) groups is 1. The monoisotopic (exact) mass is 362 g/mol. The number of benzene rings is 2. The van der Waals surface area contributed by atoms with Gasteiger partial charge in [-0.2, -0.15) is 8.78 Å². The summed E-state index contributed by atoms with van der Waals surface area (Å²) in [6, 6.07) is 13.9. The smallest absolute Gasteiger partial charge is 0.387 e. The van der Waals surface area contributed by atoms with Crippen molar-refractivity contribution in [2.24, 2.45) is 5.73 Å². The SMILES string of the molecule is COc1cccc(C(=O)N2C[C@@H](N)[C@H](c3ccccc3)C2)c1OC(F)F. The van der Waals surface area contributed by atoms with Crippen molar-refractivity contribution in [3.05, 3.63) is 59.7 Å². The molecule has 1 heterocycles. The van der Waals surface area contributed by atoms with Gasteiger partial charge < -0.3 is 20.1 Å². The highest BCUT2D eigenvalue weighted by Crippen LogP contribution is 2.35. The number of amides is 1. The van der Waals surface area contributed by atoms with Crippen molar-refractivity contribution in [1.29, 1.82) is 0 Å². The van der Waals surface area contributed by atoms with E-state index >= 15 is 0 Å². The molecule has 0 aliphatic carbocycles. The van der Waals surface area contributed by atoms with E-state index in [1.54, 1.807) is 11.0 Å². The second-order valence-electron chi connectivity index (χ2n) is 6.11. The summed E-state index contributed by atoms with van der Waals surface area (Å²) in [5.41, 5.74) is 7.30. The van der Waals surface area contributed by atoms with Gasteiger partial charge in [-0.25, -0.2) is 0 Å². The summed E-state index contributed by atoms with van der Waals surface area (Å²) in [6.45, 7) is -2.31. The molecule has 2 aromatic carbocycles. The van der Waals surface area contributed by atoms with Gasteiger partial charge in [-0.3, -0.25) is 4.79 Å². The zero-order valence-electron chi connectivity index (χ0n) is 14.3. The molecule has 0 bridgehead atoms. The van der Waals surface area contributed by atoms with Crippen molar-refractivity contribution in [3.63, 3.8) is 0 Å². The third-order valence-corrected chi connectivity index (χ3v) is 4.52. The molecule has 138 valence electrons. The minimum atomic E-state index is -3.06. The van der Waals surface area contributed by atoms with Crippen molar-refractivity contribution in [2.75, 3.05) is 20.2 Å². The van der Waals surface area contributed by atoms with Gasteiger partial charge in [0, 0.05) is 25.0 Å². The molecule has 1 amide bonds. The Balaban J connectivity index is 1.86. The summed E-state index contributed by atoms with van der Waals surface area (Å²) in [7, 11) is 1.33. The molecule has 7 heteroatoms. The summed E-state index contributed by atoms with van der Waals surface area (Å²) in [4.78, 5) is 14.5. The largest absolute Gasteiger partial charge is 0.493 e. The van der Waals surface area contributed by atoms with Crippen LogP contribution in [0.2, 0.25) is 0 Å². The molecule has 0 aromatic heterocycles. The topological polar surface area (TPSA) is 64.8 Å². The number of carbonyl (C=O) groups excluding carboxylic acids is 1. The van der Waals surface area contributed by atoms with Crippen LogP contribution in [0.4, 0.5) is 8.78 Å². The summed E-state index contributed by atoms with van der Waals surface area (Å²) in [5.74, 6) is -0.593. The molecule has 2 atom stereocenters. The van der Waals surface area contributed by atoms with Crippen LogP contribution in [0.3, 0.4) is 0 Å². The molecule has 2 aromatic rings. The second-order valence-corrected chi connectivity index (χ2v) is 6.11. The van der Waals surface area contributed by atoms with Crippen molar-refractivity contribution in [1.82, 2.24) is 4.90 Å². The van der Waals surface area contributed by atoms with Crippen LogP contribution in [0, 0.1) is 0 Å². The normalized spacial score (nSPS) is 19.7. The van der Waals surface area contributed by atoms with E-state index in [0.29, 0.717) is 13.1 Å². The number of para-hydroxylation sites is 1. The summed E-state index contributed by atoms with van der Waals surface area (Å²) >= 11 is 0. The number of rotatable bonds is 5. The standard InChI is InChI=1S/C19H20F2N2O3/c1-25-16-9-5-8-13(17(16)26-19(20)21)18(24)23-10-14(15(22)11-23)12-6-3-2-4-7-12/h2-9,14-15,19H,10-11,22H2,1H3/t14-,15+/m0/s1. The predicted molar refractivity (Wildman–Crippen MR) is 92.7 cm³/mol. The van der Waals surface area contributed by atoms with Crippen molar-refractivity contribution in [2.45, 2.75) is 18.6 Å². The van der Waals surface area contributed by atoms with Crippen molar-refractivity contribution >= 4 is 5.91 Å². The van der Waals surface area contributed by atoms with Crippen molar-refractivity contribution < 1.29 is 23.0 Å². The van der Waals surface area contributed by atoms with Gasteiger partial charge in [-0.05, 0) is 17.7 Å². The number of nitrogens with two attached hydrogens (primary N) is 1. The van der Waals surface area contributed by atoms with Crippen LogP contribution in [-0.2, 0) is 0 Å².